The zero-order chi connectivity index (χ0) is 22.1. The predicted molar refractivity (Wildman–Crippen MR) is 127 cm³/mol. The molecule has 1 saturated heterocycles. The van der Waals surface area contributed by atoms with E-state index >= 15 is 0 Å². The minimum absolute atomic E-state index is 0.0530. The topological polar surface area (TPSA) is 66.5 Å². The van der Waals surface area contributed by atoms with Crippen molar-refractivity contribution in [2.75, 3.05) is 18.8 Å². The summed E-state index contributed by atoms with van der Waals surface area (Å²) in [6.07, 6.45) is 6.38. The summed E-state index contributed by atoms with van der Waals surface area (Å²) in [6, 6.07) is 13.9. The summed E-state index contributed by atoms with van der Waals surface area (Å²) in [4.78, 5) is 14.6. The van der Waals surface area contributed by atoms with Crippen LogP contribution in [0.15, 0.2) is 52.3 Å². The third-order valence-corrected chi connectivity index (χ3v) is 10.1. The molecule has 1 atom stereocenters. The van der Waals surface area contributed by atoms with Crippen LogP contribution in [0.1, 0.15) is 54.8 Å². The molecular weight excluding hydrogens is 440 g/mol. The molecule has 32 heavy (non-hydrogen) atoms. The van der Waals surface area contributed by atoms with Gasteiger partial charge in [-0.25, -0.2) is 8.42 Å². The summed E-state index contributed by atoms with van der Waals surface area (Å²) in [5.74, 6) is 0.925. The second-order valence-corrected chi connectivity index (χ2v) is 12.1. The van der Waals surface area contributed by atoms with E-state index in [2.05, 4.69) is 17.4 Å². The van der Waals surface area contributed by atoms with Crippen LogP contribution in [0.3, 0.4) is 0 Å². The van der Waals surface area contributed by atoms with Crippen molar-refractivity contribution in [2.45, 2.75) is 60.8 Å². The lowest BCUT2D eigenvalue weighted by Gasteiger charge is -2.32. The highest BCUT2D eigenvalue weighted by Crippen LogP contribution is 2.36. The number of carbonyl (C=O) groups excluding carboxylic acids is 1. The Kier molecular flexibility index (Phi) is 6.32. The third kappa shape index (κ3) is 4.35. The number of rotatable bonds is 4. The zero-order valence-electron chi connectivity index (χ0n) is 18.3. The molecule has 0 aromatic heterocycles. The highest BCUT2D eigenvalue weighted by Gasteiger charge is 2.33. The summed E-state index contributed by atoms with van der Waals surface area (Å²) in [7, 11) is -3.51. The summed E-state index contributed by atoms with van der Waals surface area (Å²) >= 11 is 1.84. The molecule has 0 radical (unpaired) electrons. The Morgan fingerprint density at radius 1 is 0.969 bits per heavy atom. The van der Waals surface area contributed by atoms with Crippen molar-refractivity contribution in [1.82, 2.24) is 9.62 Å². The van der Waals surface area contributed by atoms with Crippen LogP contribution in [-0.2, 0) is 27.7 Å². The largest absolute Gasteiger partial charge is 0.349 e. The van der Waals surface area contributed by atoms with Crippen molar-refractivity contribution in [2.24, 2.45) is 5.92 Å². The first kappa shape index (κ1) is 22.0. The van der Waals surface area contributed by atoms with Crippen molar-refractivity contribution >= 4 is 27.7 Å². The van der Waals surface area contributed by atoms with E-state index in [1.165, 1.54) is 28.0 Å². The molecule has 2 aromatic carbocycles. The average Bonchev–Trinajstić information content (AvgIpc) is 2.84. The number of carbonyl (C=O) groups is 1. The lowest BCUT2D eigenvalue weighted by atomic mass is 9.92. The van der Waals surface area contributed by atoms with Gasteiger partial charge in [-0.1, -0.05) is 24.3 Å². The Morgan fingerprint density at radius 2 is 1.72 bits per heavy atom. The van der Waals surface area contributed by atoms with Crippen LogP contribution < -0.4 is 5.32 Å². The van der Waals surface area contributed by atoms with E-state index in [1.807, 2.05) is 36.0 Å². The standard InChI is InChI=1S/C25H30N2O3S2/c28-25(26-23-13-16-31-24-8-4-3-7-22(23)24)19-11-14-27(15-12-19)32(29,30)21-10-9-18-5-1-2-6-20(18)17-21/h3-4,7-10,17,19,23H,1-2,5-6,11-16H2,(H,26,28)/t23-/m0/s1. The highest BCUT2D eigenvalue weighted by molar-refractivity contribution is 7.99. The first-order valence-electron chi connectivity index (χ1n) is 11.7. The van der Waals surface area contributed by atoms with Gasteiger partial charge in [-0.05, 0) is 79.8 Å². The number of thioether (sulfide) groups is 1. The summed E-state index contributed by atoms with van der Waals surface area (Å²) in [5.41, 5.74) is 3.66. The Labute approximate surface area is 195 Å². The van der Waals surface area contributed by atoms with E-state index < -0.39 is 10.0 Å². The number of piperidine rings is 1. The molecule has 0 saturated carbocycles. The normalized spacial score (nSPS) is 22.1. The molecule has 0 bridgehead atoms. The molecule has 2 aliphatic heterocycles. The fraction of sp³-hybridized carbons (Fsp3) is 0.480. The number of sulfonamides is 1. The number of amides is 1. The Morgan fingerprint density at radius 3 is 2.53 bits per heavy atom. The van der Waals surface area contributed by atoms with E-state index in [0.717, 1.165) is 31.4 Å². The van der Waals surface area contributed by atoms with Gasteiger partial charge in [-0.3, -0.25) is 4.79 Å². The molecule has 7 heteroatoms. The molecule has 170 valence electrons. The molecule has 0 unspecified atom stereocenters. The molecule has 0 spiro atoms. The van der Waals surface area contributed by atoms with Crippen molar-refractivity contribution < 1.29 is 13.2 Å². The lowest BCUT2D eigenvalue weighted by molar-refractivity contribution is -0.126. The molecular formula is C25H30N2O3S2. The molecule has 3 aliphatic rings. The van der Waals surface area contributed by atoms with Crippen LogP contribution in [-0.4, -0.2) is 37.5 Å². The number of fused-ring (bicyclic) bond motifs is 2. The van der Waals surface area contributed by atoms with Crippen LogP contribution in [0, 0.1) is 5.92 Å². The minimum Gasteiger partial charge on any atom is -0.349 e. The van der Waals surface area contributed by atoms with Gasteiger partial charge >= 0.3 is 0 Å². The van der Waals surface area contributed by atoms with Gasteiger partial charge in [0.15, 0.2) is 0 Å². The fourth-order valence-corrected chi connectivity index (χ4v) is 7.81. The Balaban J connectivity index is 1.22. The molecule has 5 nitrogen and oxygen atoms in total. The quantitative estimate of drug-likeness (QED) is 0.723. The zero-order valence-corrected chi connectivity index (χ0v) is 19.9. The first-order valence-corrected chi connectivity index (χ1v) is 14.1. The van der Waals surface area contributed by atoms with Gasteiger partial charge in [0.2, 0.25) is 15.9 Å². The van der Waals surface area contributed by atoms with Crippen LogP contribution >= 0.6 is 11.8 Å². The Bertz CT molecular complexity index is 1110. The van der Waals surface area contributed by atoms with Gasteiger partial charge < -0.3 is 5.32 Å². The molecule has 1 N–H and O–H groups in total. The first-order chi connectivity index (χ1) is 15.5. The SMILES string of the molecule is O=C(N[C@H]1CCSc2ccccc21)C1CCN(S(=O)(=O)c2ccc3c(c2)CCCC3)CC1. The second-order valence-electron chi connectivity index (χ2n) is 9.05. The molecule has 1 fully saturated rings. The number of hydrogen-bond acceptors (Lipinski definition) is 4. The lowest BCUT2D eigenvalue weighted by Crippen LogP contribution is -2.44. The van der Waals surface area contributed by atoms with E-state index in [9.17, 15) is 13.2 Å². The number of aryl methyl sites for hydroxylation is 2. The van der Waals surface area contributed by atoms with Gasteiger partial charge in [0, 0.05) is 29.7 Å². The van der Waals surface area contributed by atoms with Crippen LogP contribution in [0.2, 0.25) is 0 Å². The maximum Gasteiger partial charge on any atom is 0.243 e. The molecule has 5 rings (SSSR count). The third-order valence-electron chi connectivity index (χ3n) is 7.06. The van der Waals surface area contributed by atoms with Gasteiger partial charge in [0.05, 0.1) is 10.9 Å². The maximum absolute atomic E-state index is 13.2. The van der Waals surface area contributed by atoms with Gasteiger partial charge in [0.25, 0.3) is 0 Å². The monoisotopic (exact) mass is 470 g/mol. The smallest absolute Gasteiger partial charge is 0.243 e. The minimum atomic E-state index is -3.51. The maximum atomic E-state index is 13.2. The van der Waals surface area contributed by atoms with Crippen LogP contribution in [0.4, 0.5) is 0 Å². The summed E-state index contributed by atoms with van der Waals surface area (Å²) < 4.78 is 28.0. The van der Waals surface area contributed by atoms with Crippen LogP contribution in [0.25, 0.3) is 0 Å². The van der Waals surface area contributed by atoms with Crippen molar-refractivity contribution in [3.63, 3.8) is 0 Å². The van der Waals surface area contributed by atoms with E-state index in [0.29, 0.717) is 30.8 Å². The molecule has 2 aromatic rings. The fourth-order valence-electron chi connectivity index (χ4n) is 5.16. The highest BCUT2D eigenvalue weighted by atomic mass is 32.2. The molecule has 1 aliphatic carbocycles. The van der Waals surface area contributed by atoms with E-state index in [4.69, 9.17) is 0 Å². The van der Waals surface area contributed by atoms with E-state index in [-0.39, 0.29) is 17.9 Å². The Hall–Kier alpha value is -1.83. The van der Waals surface area contributed by atoms with Gasteiger partial charge in [-0.15, -0.1) is 11.8 Å². The predicted octanol–water partition coefficient (Wildman–Crippen LogP) is 4.32. The van der Waals surface area contributed by atoms with Crippen molar-refractivity contribution in [1.29, 1.82) is 0 Å². The van der Waals surface area contributed by atoms with Gasteiger partial charge in [-0.2, -0.15) is 4.31 Å². The van der Waals surface area contributed by atoms with Crippen molar-refractivity contribution in [3.8, 4) is 0 Å². The van der Waals surface area contributed by atoms with Gasteiger partial charge in [0.1, 0.15) is 0 Å². The summed E-state index contributed by atoms with van der Waals surface area (Å²) in [6.45, 7) is 0.795. The van der Waals surface area contributed by atoms with Crippen LogP contribution in [0.5, 0.6) is 0 Å². The number of hydrogen-bond donors (Lipinski definition) is 1. The van der Waals surface area contributed by atoms with Crippen molar-refractivity contribution in [3.05, 3.63) is 59.2 Å². The number of nitrogens with zero attached hydrogens (tertiary/aromatic N) is 1. The average molecular weight is 471 g/mol. The molecule has 2 heterocycles. The van der Waals surface area contributed by atoms with E-state index in [1.54, 1.807) is 10.4 Å². The second kappa shape index (κ2) is 9.20. The summed E-state index contributed by atoms with van der Waals surface area (Å²) in [5, 5.41) is 3.24. The number of nitrogens with one attached hydrogen (secondary N) is 1. The molecule has 1 amide bonds. The number of benzene rings is 2.